The largest absolute Gasteiger partial charge is 0.481 e. The minimum atomic E-state index is -0.654. The van der Waals surface area contributed by atoms with Gasteiger partial charge in [-0.2, -0.15) is 0 Å². The number of aliphatic carboxylic acids is 1. The third-order valence-electron chi connectivity index (χ3n) is 4.88. The second kappa shape index (κ2) is 4.59. The van der Waals surface area contributed by atoms with Crippen LogP contribution in [0.2, 0.25) is 0 Å². The second-order valence-electron chi connectivity index (χ2n) is 5.83. The summed E-state index contributed by atoms with van der Waals surface area (Å²) < 4.78 is 1.94. The average molecular weight is 264 g/mol. The highest BCUT2D eigenvalue weighted by Crippen LogP contribution is 2.48. The van der Waals surface area contributed by atoms with Crippen LogP contribution in [-0.4, -0.2) is 31.9 Å². The van der Waals surface area contributed by atoms with E-state index in [0.717, 1.165) is 30.9 Å². The predicted octanol–water partition coefficient (Wildman–Crippen LogP) is 0.712. The monoisotopic (exact) mass is 264 g/mol. The first-order valence-corrected chi connectivity index (χ1v) is 6.89. The van der Waals surface area contributed by atoms with Crippen LogP contribution in [0, 0.1) is 24.7 Å². The number of hydrogen-bond acceptors (Lipinski definition) is 4. The van der Waals surface area contributed by atoms with E-state index >= 15 is 0 Å². The van der Waals surface area contributed by atoms with Crippen molar-refractivity contribution in [1.29, 1.82) is 0 Å². The minimum Gasteiger partial charge on any atom is -0.481 e. The molecular weight excluding hydrogens is 244 g/mol. The molecule has 19 heavy (non-hydrogen) atoms. The van der Waals surface area contributed by atoms with Gasteiger partial charge in [0.15, 0.2) is 0 Å². The van der Waals surface area contributed by atoms with Gasteiger partial charge in [-0.1, -0.05) is 0 Å². The Hall–Kier alpha value is -1.43. The van der Waals surface area contributed by atoms with E-state index in [1.165, 1.54) is 0 Å². The average Bonchev–Trinajstić information content (AvgIpc) is 3.04. The molecule has 1 heterocycles. The first-order valence-electron chi connectivity index (χ1n) is 6.89. The van der Waals surface area contributed by atoms with Gasteiger partial charge in [0.25, 0.3) is 0 Å². The van der Waals surface area contributed by atoms with Gasteiger partial charge in [0.05, 0.1) is 12.5 Å². The lowest BCUT2D eigenvalue weighted by Crippen LogP contribution is -2.44. The fourth-order valence-corrected chi connectivity index (χ4v) is 3.75. The second-order valence-corrected chi connectivity index (χ2v) is 5.83. The molecule has 0 aromatic carbocycles. The molecule has 1 aromatic rings. The van der Waals surface area contributed by atoms with E-state index in [4.69, 9.17) is 0 Å². The van der Waals surface area contributed by atoms with Crippen molar-refractivity contribution in [3.05, 3.63) is 11.6 Å². The Morgan fingerprint density at radius 1 is 1.42 bits per heavy atom. The Balaban J connectivity index is 1.69. The summed E-state index contributed by atoms with van der Waals surface area (Å²) in [5, 5.41) is 20.9. The molecule has 2 saturated carbocycles. The van der Waals surface area contributed by atoms with Gasteiger partial charge in [0.1, 0.15) is 11.6 Å². The number of nitrogens with one attached hydrogen (secondary N) is 1. The summed E-state index contributed by atoms with van der Waals surface area (Å²) >= 11 is 0. The maximum Gasteiger partial charge on any atom is 0.308 e. The summed E-state index contributed by atoms with van der Waals surface area (Å²) in [6, 6.07) is 0.0910. The first kappa shape index (κ1) is 12.6. The van der Waals surface area contributed by atoms with Gasteiger partial charge in [-0.15, -0.1) is 10.2 Å². The van der Waals surface area contributed by atoms with Crippen molar-refractivity contribution in [1.82, 2.24) is 20.1 Å². The molecule has 2 bridgehead atoms. The van der Waals surface area contributed by atoms with Crippen LogP contribution in [0.15, 0.2) is 0 Å². The molecule has 0 aliphatic heterocycles. The molecule has 2 fully saturated rings. The summed E-state index contributed by atoms with van der Waals surface area (Å²) in [7, 11) is 1.93. The molecule has 0 radical (unpaired) electrons. The van der Waals surface area contributed by atoms with Gasteiger partial charge in [0, 0.05) is 13.1 Å². The van der Waals surface area contributed by atoms with E-state index in [2.05, 4.69) is 15.5 Å². The number of hydrogen-bond donors (Lipinski definition) is 2. The lowest BCUT2D eigenvalue weighted by Gasteiger charge is -2.28. The Morgan fingerprint density at radius 3 is 2.79 bits per heavy atom. The van der Waals surface area contributed by atoms with Gasteiger partial charge in [-0.05, 0) is 38.0 Å². The summed E-state index contributed by atoms with van der Waals surface area (Å²) in [6.07, 6.45) is 3.29. The fraction of sp³-hybridized carbons (Fsp3) is 0.769. The van der Waals surface area contributed by atoms with Gasteiger partial charge < -0.3 is 15.0 Å². The third-order valence-corrected chi connectivity index (χ3v) is 4.88. The molecule has 1 aromatic heterocycles. The number of rotatable bonds is 4. The standard InChI is InChI=1S/C13H20N4O2/c1-7-15-16-10(17(7)2)6-14-12-9-4-3-8(5-9)11(12)13(18)19/h8-9,11-12,14H,3-6H2,1-2H3,(H,18,19). The van der Waals surface area contributed by atoms with E-state index in [-0.39, 0.29) is 12.0 Å². The molecule has 6 heteroatoms. The van der Waals surface area contributed by atoms with Gasteiger partial charge in [-0.25, -0.2) is 0 Å². The highest BCUT2D eigenvalue weighted by Gasteiger charge is 2.50. The van der Waals surface area contributed by atoms with Gasteiger partial charge >= 0.3 is 5.97 Å². The van der Waals surface area contributed by atoms with Crippen molar-refractivity contribution in [2.45, 2.75) is 38.8 Å². The lowest BCUT2D eigenvalue weighted by atomic mass is 9.84. The predicted molar refractivity (Wildman–Crippen MR) is 68.3 cm³/mol. The molecule has 0 spiro atoms. The zero-order valence-corrected chi connectivity index (χ0v) is 11.3. The molecule has 3 rings (SSSR count). The maximum absolute atomic E-state index is 11.4. The van der Waals surface area contributed by atoms with Crippen molar-refractivity contribution in [3.8, 4) is 0 Å². The van der Waals surface area contributed by atoms with Crippen molar-refractivity contribution >= 4 is 5.97 Å². The van der Waals surface area contributed by atoms with E-state index in [1.807, 2.05) is 18.5 Å². The molecule has 104 valence electrons. The number of aryl methyl sites for hydroxylation is 1. The number of nitrogens with zero attached hydrogens (tertiary/aromatic N) is 3. The van der Waals surface area contributed by atoms with E-state index in [9.17, 15) is 9.90 Å². The number of fused-ring (bicyclic) bond motifs is 2. The molecule has 2 aliphatic rings. The zero-order valence-electron chi connectivity index (χ0n) is 11.3. The van der Waals surface area contributed by atoms with Crippen LogP contribution in [0.25, 0.3) is 0 Å². The van der Waals surface area contributed by atoms with Crippen molar-refractivity contribution < 1.29 is 9.90 Å². The SMILES string of the molecule is Cc1nnc(CNC2C3CCC(C3)C2C(=O)O)n1C. The van der Waals surface area contributed by atoms with Crippen molar-refractivity contribution in [2.75, 3.05) is 0 Å². The molecular formula is C13H20N4O2. The molecule has 0 amide bonds. The Kier molecular flexibility index (Phi) is 3.05. The van der Waals surface area contributed by atoms with Crippen LogP contribution in [0.4, 0.5) is 0 Å². The van der Waals surface area contributed by atoms with E-state index in [0.29, 0.717) is 18.4 Å². The van der Waals surface area contributed by atoms with Crippen LogP contribution in [0.5, 0.6) is 0 Å². The summed E-state index contributed by atoms with van der Waals surface area (Å²) in [5.74, 6) is 1.73. The molecule has 4 atom stereocenters. The van der Waals surface area contributed by atoms with E-state index < -0.39 is 5.97 Å². The lowest BCUT2D eigenvalue weighted by molar-refractivity contribution is -0.144. The number of carbonyl (C=O) groups is 1. The highest BCUT2D eigenvalue weighted by molar-refractivity contribution is 5.72. The van der Waals surface area contributed by atoms with E-state index in [1.54, 1.807) is 0 Å². The Labute approximate surface area is 112 Å². The number of carboxylic acids is 1. The molecule has 2 aliphatic carbocycles. The Bertz CT molecular complexity index is 499. The zero-order chi connectivity index (χ0) is 13.6. The summed E-state index contributed by atoms with van der Waals surface area (Å²) in [6.45, 7) is 2.50. The van der Waals surface area contributed by atoms with Crippen LogP contribution in [0.1, 0.15) is 30.9 Å². The minimum absolute atomic E-state index is 0.0910. The quantitative estimate of drug-likeness (QED) is 0.837. The van der Waals surface area contributed by atoms with Gasteiger partial charge in [0.2, 0.25) is 0 Å². The van der Waals surface area contributed by atoms with Crippen molar-refractivity contribution in [3.63, 3.8) is 0 Å². The number of carboxylic acid groups (broad SMARTS) is 1. The molecule has 2 N–H and O–H groups in total. The molecule has 0 saturated heterocycles. The molecule has 4 unspecified atom stereocenters. The van der Waals surface area contributed by atoms with Crippen LogP contribution in [0.3, 0.4) is 0 Å². The van der Waals surface area contributed by atoms with Gasteiger partial charge in [-0.3, -0.25) is 4.79 Å². The van der Waals surface area contributed by atoms with Crippen LogP contribution >= 0.6 is 0 Å². The molecule has 6 nitrogen and oxygen atoms in total. The maximum atomic E-state index is 11.4. The highest BCUT2D eigenvalue weighted by atomic mass is 16.4. The van der Waals surface area contributed by atoms with Crippen LogP contribution in [-0.2, 0) is 18.4 Å². The van der Waals surface area contributed by atoms with Crippen molar-refractivity contribution in [2.24, 2.45) is 24.8 Å². The first-order chi connectivity index (χ1) is 9.08. The topological polar surface area (TPSA) is 80.0 Å². The Morgan fingerprint density at radius 2 is 2.16 bits per heavy atom. The smallest absolute Gasteiger partial charge is 0.308 e. The summed E-state index contributed by atoms with van der Waals surface area (Å²) in [4.78, 5) is 11.4. The fourth-order valence-electron chi connectivity index (χ4n) is 3.75. The van der Waals surface area contributed by atoms with Crippen LogP contribution < -0.4 is 5.32 Å². The number of aromatic nitrogens is 3. The normalized spacial score (nSPS) is 32.9. The summed E-state index contributed by atoms with van der Waals surface area (Å²) in [5.41, 5.74) is 0. The third kappa shape index (κ3) is 2.04.